The molecule has 1 amide bonds. The van der Waals surface area contributed by atoms with Crippen molar-refractivity contribution in [1.29, 1.82) is 0 Å². The standard InChI is InChI=1S/C19H22N4OS/c1-14-8-9-25-18(14)13-22(2)11-15-4-6-16(7-5-15)19(24)21-17-10-20-23(3)12-17/h4-10,12H,11,13H2,1-3H3,(H,21,24). The topological polar surface area (TPSA) is 50.2 Å². The molecule has 2 heterocycles. The van der Waals surface area contributed by atoms with E-state index in [1.807, 2.05) is 31.3 Å². The molecule has 0 fully saturated rings. The summed E-state index contributed by atoms with van der Waals surface area (Å²) in [6.45, 7) is 3.93. The second kappa shape index (κ2) is 7.63. The molecule has 6 heteroatoms. The van der Waals surface area contributed by atoms with Crippen LogP contribution in [-0.2, 0) is 20.1 Å². The van der Waals surface area contributed by atoms with Crippen LogP contribution in [0.25, 0.3) is 0 Å². The van der Waals surface area contributed by atoms with Gasteiger partial charge in [-0.1, -0.05) is 12.1 Å². The van der Waals surface area contributed by atoms with E-state index < -0.39 is 0 Å². The van der Waals surface area contributed by atoms with Crippen molar-refractivity contribution in [2.75, 3.05) is 12.4 Å². The molecule has 0 saturated heterocycles. The van der Waals surface area contributed by atoms with Crippen LogP contribution in [0.15, 0.2) is 48.1 Å². The lowest BCUT2D eigenvalue weighted by Gasteiger charge is -2.16. The molecular formula is C19H22N4OS. The summed E-state index contributed by atoms with van der Waals surface area (Å²) in [5.41, 5.74) is 3.88. The van der Waals surface area contributed by atoms with Gasteiger partial charge in [0.05, 0.1) is 11.9 Å². The average Bonchev–Trinajstić information content (AvgIpc) is 3.16. The minimum Gasteiger partial charge on any atom is -0.319 e. The first-order chi connectivity index (χ1) is 12.0. The first-order valence-corrected chi connectivity index (χ1v) is 8.99. The van der Waals surface area contributed by atoms with Gasteiger partial charge in [0.1, 0.15) is 0 Å². The highest BCUT2D eigenvalue weighted by Gasteiger charge is 2.09. The Labute approximate surface area is 151 Å². The number of nitrogens with one attached hydrogen (secondary N) is 1. The lowest BCUT2D eigenvalue weighted by molar-refractivity contribution is 0.102. The summed E-state index contributed by atoms with van der Waals surface area (Å²) in [4.78, 5) is 15.9. The zero-order chi connectivity index (χ0) is 17.8. The Morgan fingerprint density at radius 2 is 2.00 bits per heavy atom. The summed E-state index contributed by atoms with van der Waals surface area (Å²) in [6, 6.07) is 9.91. The minimum absolute atomic E-state index is 0.123. The van der Waals surface area contributed by atoms with Crippen LogP contribution >= 0.6 is 11.3 Å². The average molecular weight is 354 g/mol. The van der Waals surface area contributed by atoms with E-state index >= 15 is 0 Å². The van der Waals surface area contributed by atoms with Crippen molar-refractivity contribution >= 4 is 22.9 Å². The second-order valence-corrected chi connectivity index (χ2v) is 7.25. The molecule has 0 aliphatic heterocycles. The number of aryl methyl sites for hydroxylation is 2. The maximum absolute atomic E-state index is 12.2. The molecule has 0 unspecified atom stereocenters. The van der Waals surface area contributed by atoms with Gasteiger partial charge in [-0.05, 0) is 48.7 Å². The van der Waals surface area contributed by atoms with Crippen molar-refractivity contribution in [2.24, 2.45) is 7.05 Å². The summed E-state index contributed by atoms with van der Waals surface area (Å²) in [7, 11) is 3.93. The normalized spacial score (nSPS) is 11.0. The molecule has 0 aliphatic carbocycles. The number of nitrogens with zero attached hydrogens (tertiary/aromatic N) is 3. The van der Waals surface area contributed by atoms with Gasteiger partial charge in [0, 0.05) is 36.8 Å². The number of carbonyl (C=O) groups excluding carboxylic acids is 1. The highest BCUT2D eigenvalue weighted by atomic mass is 32.1. The number of aromatic nitrogens is 2. The van der Waals surface area contributed by atoms with Gasteiger partial charge in [-0.25, -0.2) is 0 Å². The highest BCUT2D eigenvalue weighted by Crippen LogP contribution is 2.18. The van der Waals surface area contributed by atoms with Gasteiger partial charge in [0.15, 0.2) is 0 Å². The van der Waals surface area contributed by atoms with Crippen LogP contribution in [0.3, 0.4) is 0 Å². The zero-order valence-corrected chi connectivity index (χ0v) is 15.5. The Hall–Kier alpha value is -2.44. The Morgan fingerprint density at radius 1 is 1.24 bits per heavy atom. The van der Waals surface area contributed by atoms with Crippen LogP contribution in [-0.4, -0.2) is 27.6 Å². The molecule has 0 radical (unpaired) electrons. The molecule has 1 N–H and O–H groups in total. The van der Waals surface area contributed by atoms with Gasteiger partial charge >= 0.3 is 0 Å². The van der Waals surface area contributed by atoms with E-state index in [4.69, 9.17) is 0 Å². The SMILES string of the molecule is Cc1ccsc1CN(C)Cc1ccc(C(=O)Nc2cnn(C)c2)cc1. The molecule has 130 valence electrons. The van der Waals surface area contributed by atoms with E-state index in [9.17, 15) is 4.79 Å². The van der Waals surface area contributed by atoms with E-state index in [2.05, 4.69) is 40.7 Å². The number of thiophene rings is 1. The third-order valence-corrected chi connectivity index (χ3v) is 5.02. The highest BCUT2D eigenvalue weighted by molar-refractivity contribution is 7.10. The number of hydrogen-bond donors (Lipinski definition) is 1. The van der Waals surface area contributed by atoms with Gasteiger partial charge < -0.3 is 5.32 Å². The summed E-state index contributed by atoms with van der Waals surface area (Å²) in [6.07, 6.45) is 3.40. The molecule has 3 aromatic rings. The fourth-order valence-corrected chi connectivity index (χ4v) is 3.61. The largest absolute Gasteiger partial charge is 0.319 e. The predicted molar refractivity (Wildman–Crippen MR) is 102 cm³/mol. The lowest BCUT2D eigenvalue weighted by Crippen LogP contribution is -2.17. The van der Waals surface area contributed by atoms with Crippen molar-refractivity contribution in [3.63, 3.8) is 0 Å². The minimum atomic E-state index is -0.123. The number of benzene rings is 1. The van der Waals surface area contributed by atoms with E-state index in [1.54, 1.807) is 28.4 Å². The number of rotatable bonds is 6. The van der Waals surface area contributed by atoms with Gasteiger partial charge in [-0.3, -0.25) is 14.4 Å². The van der Waals surface area contributed by atoms with Gasteiger partial charge in [-0.15, -0.1) is 11.3 Å². The summed E-state index contributed by atoms with van der Waals surface area (Å²) in [5, 5.41) is 9.02. The van der Waals surface area contributed by atoms with E-state index in [0.29, 0.717) is 11.3 Å². The van der Waals surface area contributed by atoms with Crippen molar-refractivity contribution in [3.05, 3.63) is 69.7 Å². The molecule has 0 bridgehead atoms. The number of carbonyl (C=O) groups is 1. The Kier molecular flexibility index (Phi) is 5.31. The van der Waals surface area contributed by atoms with Crippen LogP contribution in [0, 0.1) is 6.92 Å². The molecule has 25 heavy (non-hydrogen) atoms. The predicted octanol–water partition coefficient (Wildman–Crippen LogP) is 3.67. The van der Waals surface area contributed by atoms with Crippen LogP contribution in [0.4, 0.5) is 5.69 Å². The van der Waals surface area contributed by atoms with E-state index in [0.717, 1.165) is 13.1 Å². The fraction of sp³-hybridized carbons (Fsp3) is 0.263. The molecule has 2 aromatic heterocycles. The molecule has 0 spiro atoms. The molecule has 3 rings (SSSR count). The van der Waals surface area contributed by atoms with Gasteiger partial charge in [-0.2, -0.15) is 5.10 Å². The van der Waals surface area contributed by atoms with Crippen molar-refractivity contribution in [1.82, 2.24) is 14.7 Å². The van der Waals surface area contributed by atoms with Crippen molar-refractivity contribution in [2.45, 2.75) is 20.0 Å². The molecular weight excluding hydrogens is 332 g/mol. The second-order valence-electron chi connectivity index (χ2n) is 6.25. The molecule has 0 atom stereocenters. The number of amides is 1. The quantitative estimate of drug-likeness (QED) is 0.735. The summed E-state index contributed by atoms with van der Waals surface area (Å²) < 4.78 is 1.66. The molecule has 5 nitrogen and oxygen atoms in total. The Balaban J connectivity index is 1.58. The van der Waals surface area contributed by atoms with Crippen LogP contribution in [0.2, 0.25) is 0 Å². The van der Waals surface area contributed by atoms with Crippen molar-refractivity contribution in [3.8, 4) is 0 Å². The van der Waals surface area contributed by atoms with Gasteiger partial charge in [0.2, 0.25) is 0 Å². The monoisotopic (exact) mass is 354 g/mol. The van der Waals surface area contributed by atoms with Gasteiger partial charge in [0.25, 0.3) is 5.91 Å². The van der Waals surface area contributed by atoms with Crippen LogP contribution in [0.1, 0.15) is 26.4 Å². The summed E-state index contributed by atoms with van der Waals surface area (Å²) in [5.74, 6) is -0.123. The third-order valence-electron chi connectivity index (χ3n) is 4.01. The van der Waals surface area contributed by atoms with Crippen LogP contribution < -0.4 is 5.32 Å². The number of anilines is 1. The smallest absolute Gasteiger partial charge is 0.255 e. The fourth-order valence-electron chi connectivity index (χ4n) is 2.63. The molecule has 0 saturated carbocycles. The Morgan fingerprint density at radius 3 is 2.60 bits per heavy atom. The first kappa shape index (κ1) is 17.4. The Bertz CT molecular complexity index is 850. The van der Waals surface area contributed by atoms with E-state index in [1.165, 1.54) is 16.0 Å². The van der Waals surface area contributed by atoms with E-state index in [-0.39, 0.29) is 5.91 Å². The summed E-state index contributed by atoms with van der Waals surface area (Å²) >= 11 is 1.80. The van der Waals surface area contributed by atoms with Crippen LogP contribution in [0.5, 0.6) is 0 Å². The first-order valence-electron chi connectivity index (χ1n) is 8.12. The lowest BCUT2D eigenvalue weighted by atomic mass is 10.1. The third kappa shape index (κ3) is 4.55. The number of hydrogen-bond acceptors (Lipinski definition) is 4. The maximum atomic E-state index is 12.2. The molecule has 1 aromatic carbocycles. The zero-order valence-electron chi connectivity index (χ0n) is 14.7. The molecule has 0 aliphatic rings. The van der Waals surface area contributed by atoms with Crippen molar-refractivity contribution < 1.29 is 4.79 Å². The maximum Gasteiger partial charge on any atom is 0.255 e.